The van der Waals surface area contributed by atoms with E-state index in [1.807, 2.05) is 13.0 Å². The molecular weight excluding hydrogens is 395 g/mol. The third kappa shape index (κ3) is 3.94. The molecule has 6 nitrogen and oxygen atoms in total. The summed E-state index contributed by atoms with van der Waals surface area (Å²) in [5.41, 5.74) is 7.56. The predicted molar refractivity (Wildman–Crippen MR) is 108 cm³/mol. The molecule has 1 aliphatic heterocycles. The van der Waals surface area contributed by atoms with Gasteiger partial charge in [-0.25, -0.2) is 4.98 Å². The highest BCUT2D eigenvalue weighted by molar-refractivity contribution is 5.89. The first-order chi connectivity index (χ1) is 14.3. The largest absolute Gasteiger partial charge is 0.496 e. The maximum absolute atomic E-state index is 13.6. The van der Waals surface area contributed by atoms with Crippen LogP contribution in [0.1, 0.15) is 41.1 Å². The molecule has 4 rings (SSSR count). The highest BCUT2D eigenvalue weighted by Gasteiger charge is 2.36. The Morgan fingerprint density at radius 3 is 2.63 bits per heavy atom. The summed E-state index contributed by atoms with van der Waals surface area (Å²) < 4.78 is 46.2. The molecule has 2 aromatic heterocycles. The fourth-order valence-corrected chi connectivity index (χ4v) is 4.11. The van der Waals surface area contributed by atoms with Crippen molar-refractivity contribution in [3.8, 4) is 5.75 Å². The summed E-state index contributed by atoms with van der Waals surface area (Å²) >= 11 is 0. The number of aromatic nitrogens is 3. The van der Waals surface area contributed by atoms with E-state index in [4.69, 9.17) is 10.5 Å². The van der Waals surface area contributed by atoms with Crippen LogP contribution in [0.5, 0.6) is 5.75 Å². The molecule has 1 aliphatic rings. The minimum absolute atomic E-state index is 0.0177. The molecular formula is C21H24F3N5O. The lowest BCUT2D eigenvalue weighted by Crippen LogP contribution is -2.33. The molecule has 3 aromatic rings. The third-order valence-electron chi connectivity index (χ3n) is 5.72. The van der Waals surface area contributed by atoms with Gasteiger partial charge in [0.25, 0.3) is 0 Å². The molecule has 0 saturated carbocycles. The molecule has 160 valence electrons. The van der Waals surface area contributed by atoms with Gasteiger partial charge >= 0.3 is 6.18 Å². The number of likely N-dealkylation sites (tertiary alicyclic amines) is 1. The summed E-state index contributed by atoms with van der Waals surface area (Å²) in [5, 5.41) is 6.12. The zero-order valence-electron chi connectivity index (χ0n) is 16.9. The van der Waals surface area contributed by atoms with Gasteiger partial charge in [0, 0.05) is 23.7 Å². The Kier molecular flexibility index (Phi) is 5.31. The first-order valence-corrected chi connectivity index (χ1v) is 9.84. The van der Waals surface area contributed by atoms with E-state index >= 15 is 0 Å². The molecule has 0 unspecified atom stereocenters. The Labute approximate surface area is 172 Å². The Balaban J connectivity index is 1.51. The molecule has 3 N–H and O–H groups in total. The quantitative estimate of drug-likeness (QED) is 0.661. The van der Waals surface area contributed by atoms with E-state index < -0.39 is 11.7 Å². The first kappa shape index (κ1) is 20.5. The van der Waals surface area contributed by atoms with Crippen molar-refractivity contribution >= 4 is 16.9 Å². The van der Waals surface area contributed by atoms with Gasteiger partial charge in [0.1, 0.15) is 11.6 Å². The number of pyridine rings is 1. The van der Waals surface area contributed by atoms with Gasteiger partial charge in [-0.2, -0.15) is 18.3 Å². The van der Waals surface area contributed by atoms with E-state index in [2.05, 4.69) is 32.2 Å². The Morgan fingerprint density at radius 2 is 1.97 bits per heavy atom. The van der Waals surface area contributed by atoms with Crippen molar-refractivity contribution in [2.75, 3.05) is 25.9 Å². The zero-order valence-corrected chi connectivity index (χ0v) is 16.9. The number of aryl methyl sites for hydroxylation is 1. The van der Waals surface area contributed by atoms with E-state index in [0.717, 1.165) is 55.4 Å². The fourth-order valence-electron chi connectivity index (χ4n) is 4.11. The monoisotopic (exact) mass is 419 g/mol. The average Bonchev–Trinajstić information content (AvgIpc) is 3.09. The van der Waals surface area contributed by atoms with Gasteiger partial charge in [0.2, 0.25) is 0 Å². The number of nitrogens with one attached hydrogen (secondary N) is 1. The van der Waals surface area contributed by atoms with E-state index in [9.17, 15) is 13.2 Å². The number of hydrogen-bond acceptors (Lipinski definition) is 5. The number of fused-ring (bicyclic) bond motifs is 1. The van der Waals surface area contributed by atoms with Crippen LogP contribution in [-0.4, -0.2) is 40.3 Å². The number of ether oxygens (including phenoxy) is 1. The van der Waals surface area contributed by atoms with Crippen molar-refractivity contribution in [1.82, 2.24) is 20.1 Å². The molecule has 9 heteroatoms. The van der Waals surface area contributed by atoms with Gasteiger partial charge in [-0.15, -0.1) is 0 Å². The van der Waals surface area contributed by atoms with Crippen molar-refractivity contribution in [3.63, 3.8) is 0 Å². The molecule has 0 atom stereocenters. The van der Waals surface area contributed by atoms with Gasteiger partial charge in [-0.05, 0) is 50.6 Å². The van der Waals surface area contributed by atoms with Crippen molar-refractivity contribution in [1.29, 1.82) is 0 Å². The highest BCUT2D eigenvalue weighted by Crippen LogP contribution is 2.39. The molecule has 0 bridgehead atoms. The summed E-state index contributed by atoms with van der Waals surface area (Å²) in [6.07, 6.45) is -3.07. The molecule has 1 saturated heterocycles. The van der Waals surface area contributed by atoms with Crippen LogP contribution in [-0.2, 0) is 12.7 Å². The minimum atomic E-state index is -4.52. The van der Waals surface area contributed by atoms with E-state index in [-0.39, 0.29) is 22.8 Å². The minimum Gasteiger partial charge on any atom is -0.496 e. The Bertz CT molecular complexity index is 1050. The van der Waals surface area contributed by atoms with Gasteiger partial charge in [0.05, 0.1) is 18.1 Å². The van der Waals surface area contributed by atoms with Crippen LogP contribution < -0.4 is 10.5 Å². The van der Waals surface area contributed by atoms with E-state index in [1.165, 1.54) is 0 Å². The summed E-state index contributed by atoms with van der Waals surface area (Å²) in [7, 11) is 1.66. The third-order valence-corrected chi connectivity index (χ3v) is 5.72. The molecule has 0 amide bonds. The lowest BCUT2D eigenvalue weighted by molar-refractivity contribution is -0.136. The van der Waals surface area contributed by atoms with Crippen LogP contribution in [0.4, 0.5) is 19.0 Å². The molecule has 0 radical (unpaired) electrons. The number of nitrogens with two attached hydrogens (primary N) is 1. The maximum Gasteiger partial charge on any atom is 0.417 e. The molecule has 30 heavy (non-hydrogen) atoms. The summed E-state index contributed by atoms with van der Waals surface area (Å²) in [4.78, 5) is 6.67. The number of rotatable bonds is 4. The SMILES string of the molecule is COc1cc(C)ccc1CN1CCC(c2cc(C(F)(F)F)c3c(N)[nH]nc3n2)CC1. The Morgan fingerprint density at radius 1 is 1.23 bits per heavy atom. The smallest absolute Gasteiger partial charge is 0.417 e. The van der Waals surface area contributed by atoms with Gasteiger partial charge < -0.3 is 10.5 Å². The number of nitrogen functional groups attached to an aromatic ring is 1. The second kappa shape index (κ2) is 7.79. The lowest BCUT2D eigenvalue weighted by atomic mass is 9.91. The first-order valence-electron chi connectivity index (χ1n) is 9.84. The van der Waals surface area contributed by atoms with Crippen LogP contribution in [0.2, 0.25) is 0 Å². The summed E-state index contributed by atoms with van der Waals surface area (Å²) in [6, 6.07) is 7.26. The van der Waals surface area contributed by atoms with Crippen LogP contribution in [0.3, 0.4) is 0 Å². The second-order valence-corrected chi connectivity index (χ2v) is 7.79. The van der Waals surface area contributed by atoms with Gasteiger partial charge in [-0.3, -0.25) is 10.00 Å². The van der Waals surface area contributed by atoms with Crippen LogP contribution in [0.15, 0.2) is 24.3 Å². The normalized spacial score (nSPS) is 16.3. The number of benzene rings is 1. The summed E-state index contributed by atoms with van der Waals surface area (Å²) in [5.74, 6) is 0.693. The zero-order chi connectivity index (χ0) is 21.5. The van der Waals surface area contributed by atoms with Gasteiger partial charge in [-0.1, -0.05) is 12.1 Å². The number of hydrogen-bond donors (Lipinski definition) is 2. The predicted octanol–water partition coefficient (Wildman–Crippen LogP) is 4.26. The molecule has 0 aliphatic carbocycles. The van der Waals surface area contributed by atoms with E-state index in [1.54, 1.807) is 7.11 Å². The average molecular weight is 419 g/mol. The van der Waals surface area contributed by atoms with Crippen LogP contribution in [0.25, 0.3) is 11.0 Å². The number of H-pyrrole nitrogens is 1. The number of anilines is 1. The van der Waals surface area contributed by atoms with Crippen molar-refractivity contribution in [2.24, 2.45) is 0 Å². The number of piperidine rings is 1. The molecule has 1 fully saturated rings. The molecule has 1 aromatic carbocycles. The fraction of sp³-hybridized carbons (Fsp3) is 0.429. The lowest BCUT2D eigenvalue weighted by Gasteiger charge is -2.32. The van der Waals surface area contributed by atoms with Crippen LogP contribution >= 0.6 is 0 Å². The standard InChI is InChI=1S/C21H24F3N5O/c1-12-3-4-14(17(9-12)30-2)11-29-7-5-13(6-8-29)16-10-15(21(22,23)24)18-19(25)27-28-20(18)26-16/h3-4,9-10,13H,5-8,11H2,1-2H3,(H3,25,26,27,28). The number of nitrogens with zero attached hydrogens (tertiary/aromatic N) is 3. The van der Waals surface area contributed by atoms with E-state index in [0.29, 0.717) is 5.69 Å². The van der Waals surface area contributed by atoms with Crippen molar-refractivity contribution in [2.45, 2.75) is 38.4 Å². The number of aromatic amines is 1. The summed E-state index contributed by atoms with van der Waals surface area (Å²) in [6.45, 7) is 4.30. The Hall–Kier alpha value is -2.81. The topological polar surface area (TPSA) is 80.1 Å². The maximum atomic E-state index is 13.6. The molecule has 0 spiro atoms. The molecule has 3 heterocycles. The highest BCUT2D eigenvalue weighted by atomic mass is 19.4. The number of alkyl halides is 3. The van der Waals surface area contributed by atoms with Gasteiger partial charge in [0.15, 0.2) is 5.65 Å². The number of methoxy groups -OCH3 is 1. The second-order valence-electron chi connectivity index (χ2n) is 7.79. The van der Waals surface area contributed by atoms with Crippen molar-refractivity contribution < 1.29 is 17.9 Å². The van der Waals surface area contributed by atoms with Crippen molar-refractivity contribution in [3.05, 3.63) is 46.6 Å². The number of halogens is 3. The van der Waals surface area contributed by atoms with Crippen LogP contribution in [0, 0.1) is 6.92 Å².